The summed E-state index contributed by atoms with van der Waals surface area (Å²) >= 11 is 0. The van der Waals surface area contributed by atoms with Crippen molar-refractivity contribution in [1.82, 2.24) is 0 Å². The van der Waals surface area contributed by atoms with Crippen LogP contribution in [0.1, 0.15) is 68.2 Å². The van der Waals surface area contributed by atoms with Gasteiger partial charge in [0.2, 0.25) is 6.29 Å². The summed E-state index contributed by atoms with van der Waals surface area (Å²) in [7, 11) is 0. The van der Waals surface area contributed by atoms with Gasteiger partial charge in [0.1, 0.15) is 12.7 Å². The molecule has 0 aliphatic heterocycles. The van der Waals surface area contributed by atoms with E-state index in [0.29, 0.717) is 24.2 Å². The Morgan fingerprint density at radius 3 is 1.31 bits per heavy atom. The van der Waals surface area contributed by atoms with Gasteiger partial charge in [-0.1, -0.05) is 33.2 Å². The molecule has 39 heavy (non-hydrogen) atoms. The average molecular weight is 555 g/mol. The van der Waals surface area contributed by atoms with E-state index in [1.165, 1.54) is 13.8 Å². The van der Waals surface area contributed by atoms with Crippen LogP contribution in [0.15, 0.2) is 48.6 Å². The van der Waals surface area contributed by atoms with E-state index in [-0.39, 0.29) is 42.7 Å². The quantitative estimate of drug-likeness (QED) is 0.107. The van der Waals surface area contributed by atoms with Gasteiger partial charge in [0, 0.05) is 28.7 Å². The van der Waals surface area contributed by atoms with Crippen LogP contribution in [0.3, 0.4) is 0 Å². The molecule has 0 saturated carbocycles. The second kappa shape index (κ2) is 20.7. The van der Waals surface area contributed by atoms with Gasteiger partial charge in [-0.3, -0.25) is 0 Å². The second-order valence-corrected chi connectivity index (χ2v) is 9.25. The molecule has 0 radical (unpaired) electrons. The lowest BCUT2D eigenvalue weighted by atomic mass is 10.3. The summed E-state index contributed by atoms with van der Waals surface area (Å²) in [5.74, 6) is -1.99. The minimum absolute atomic E-state index is 0.158. The molecule has 0 amide bonds. The molecule has 222 valence electrons. The molecular weight excluding hydrogens is 508 g/mol. The van der Waals surface area contributed by atoms with E-state index in [2.05, 4.69) is 26.3 Å². The lowest BCUT2D eigenvalue weighted by molar-refractivity contribution is -0.183. The molecule has 0 aliphatic rings. The fourth-order valence-electron chi connectivity index (χ4n) is 2.15. The lowest BCUT2D eigenvalue weighted by Crippen LogP contribution is -2.28. The molecule has 0 aromatic heterocycles. The number of hydrogen-bond donors (Lipinski definition) is 0. The maximum atomic E-state index is 11.3. The number of esters is 4. The van der Waals surface area contributed by atoms with Gasteiger partial charge in [-0.05, 0) is 54.9 Å². The molecule has 0 aromatic carbocycles. The van der Waals surface area contributed by atoms with Crippen LogP contribution in [-0.4, -0.2) is 68.3 Å². The second-order valence-electron chi connectivity index (χ2n) is 9.25. The molecule has 0 N–H and O–H groups in total. The predicted molar refractivity (Wildman–Crippen MR) is 147 cm³/mol. The number of carbonyl (C=O) groups excluding carboxylic acids is 4. The SMILES string of the molecule is C=C(C)C(=O)OC(CCC)OC(=O)C(=C)C.C=C(C)C(=O)OCC(C)OCC(C)OCC(C)OC(=O)C(=C)C. The Morgan fingerprint density at radius 1 is 0.564 bits per heavy atom. The Labute approximate surface area is 233 Å². The molecule has 0 aliphatic carbocycles. The minimum atomic E-state index is -0.863. The molecule has 0 saturated heterocycles. The van der Waals surface area contributed by atoms with Crippen molar-refractivity contribution in [3.05, 3.63) is 48.6 Å². The van der Waals surface area contributed by atoms with E-state index in [1.807, 2.05) is 13.8 Å². The van der Waals surface area contributed by atoms with Crippen LogP contribution in [0.2, 0.25) is 0 Å². The van der Waals surface area contributed by atoms with Gasteiger partial charge < -0.3 is 28.4 Å². The average Bonchev–Trinajstić information content (AvgIpc) is 2.84. The van der Waals surface area contributed by atoms with Crippen molar-refractivity contribution in [1.29, 1.82) is 0 Å². The summed E-state index contributed by atoms with van der Waals surface area (Å²) in [5.41, 5.74) is 1.25. The van der Waals surface area contributed by atoms with E-state index in [0.717, 1.165) is 6.42 Å². The summed E-state index contributed by atoms with van der Waals surface area (Å²) in [5, 5.41) is 0. The van der Waals surface area contributed by atoms with Crippen molar-refractivity contribution < 1.29 is 47.6 Å². The number of carbonyl (C=O) groups is 4. The Hall–Kier alpha value is -3.24. The molecule has 0 spiro atoms. The highest BCUT2D eigenvalue weighted by Crippen LogP contribution is 2.09. The minimum Gasteiger partial charge on any atom is -0.460 e. The molecule has 0 bridgehead atoms. The highest BCUT2D eigenvalue weighted by Gasteiger charge is 2.19. The van der Waals surface area contributed by atoms with Crippen molar-refractivity contribution in [3.63, 3.8) is 0 Å². The van der Waals surface area contributed by atoms with Crippen LogP contribution < -0.4 is 0 Å². The third-order valence-corrected chi connectivity index (χ3v) is 4.38. The fraction of sp³-hybridized carbons (Fsp3) is 0.586. The molecule has 0 rings (SSSR count). The first-order valence-electron chi connectivity index (χ1n) is 12.7. The van der Waals surface area contributed by atoms with Crippen LogP contribution in [0.5, 0.6) is 0 Å². The third-order valence-electron chi connectivity index (χ3n) is 4.38. The first-order chi connectivity index (χ1) is 18.0. The van der Waals surface area contributed by atoms with Gasteiger partial charge in [0.25, 0.3) is 0 Å². The first-order valence-corrected chi connectivity index (χ1v) is 12.7. The zero-order valence-corrected chi connectivity index (χ0v) is 24.8. The van der Waals surface area contributed by atoms with Crippen molar-refractivity contribution in [2.45, 2.75) is 92.8 Å². The molecule has 0 heterocycles. The van der Waals surface area contributed by atoms with Gasteiger partial charge in [-0.15, -0.1) is 0 Å². The summed E-state index contributed by atoms with van der Waals surface area (Å²) in [6, 6.07) is 0. The smallest absolute Gasteiger partial charge is 0.336 e. The van der Waals surface area contributed by atoms with Gasteiger partial charge in [-0.2, -0.15) is 0 Å². The molecule has 3 unspecified atom stereocenters. The van der Waals surface area contributed by atoms with E-state index in [1.54, 1.807) is 27.7 Å². The molecular formula is C29H46O10. The Balaban J connectivity index is 0. The summed E-state index contributed by atoms with van der Waals surface area (Å²) in [6.45, 7) is 28.2. The van der Waals surface area contributed by atoms with Crippen LogP contribution >= 0.6 is 0 Å². The van der Waals surface area contributed by atoms with Gasteiger partial charge in [0.15, 0.2) is 0 Å². The Bertz CT molecular complexity index is 845. The van der Waals surface area contributed by atoms with E-state index >= 15 is 0 Å². The predicted octanol–water partition coefficient (Wildman–Crippen LogP) is 4.77. The van der Waals surface area contributed by atoms with Crippen LogP contribution in [0.25, 0.3) is 0 Å². The van der Waals surface area contributed by atoms with E-state index in [9.17, 15) is 19.2 Å². The van der Waals surface area contributed by atoms with Gasteiger partial charge >= 0.3 is 23.9 Å². The maximum absolute atomic E-state index is 11.3. The molecule has 10 nitrogen and oxygen atoms in total. The number of hydrogen-bond acceptors (Lipinski definition) is 10. The molecule has 0 aromatic rings. The van der Waals surface area contributed by atoms with Gasteiger partial charge in [0.05, 0.1) is 25.4 Å². The summed E-state index contributed by atoms with van der Waals surface area (Å²) in [4.78, 5) is 45.1. The summed E-state index contributed by atoms with van der Waals surface area (Å²) < 4.78 is 31.1. The summed E-state index contributed by atoms with van der Waals surface area (Å²) in [6.07, 6.45) is -0.465. The van der Waals surface area contributed by atoms with Crippen molar-refractivity contribution in [2.75, 3.05) is 19.8 Å². The van der Waals surface area contributed by atoms with Gasteiger partial charge in [-0.25, -0.2) is 19.2 Å². The maximum Gasteiger partial charge on any atom is 0.336 e. The topological polar surface area (TPSA) is 124 Å². The zero-order valence-electron chi connectivity index (χ0n) is 24.8. The van der Waals surface area contributed by atoms with Crippen molar-refractivity contribution in [2.24, 2.45) is 0 Å². The molecule has 10 heteroatoms. The first kappa shape index (κ1) is 37.9. The number of rotatable bonds is 17. The fourth-order valence-corrected chi connectivity index (χ4v) is 2.15. The highest BCUT2D eigenvalue weighted by molar-refractivity contribution is 5.89. The molecule has 0 fully saturated rings. The van der Waals surface area contributed by atoms with Crippen LogP contribution in [0.4, 0.5) is 0 Å². The molecule has 3 atom stereocenters. The Morgan fingerprint density at radius 2 is 0.923 bits per heavy atom. The van der Waals surface area contributed by atoms with Crippen LogP contribution in [-0.2, 0) is 47.6 Å². The normalized spacial score (nSPS) is 12.5. The van der Waals surface area contributed by atoms with Crippen molar-refractivity contribution in [3.8, 4) is 0 Å². The van der Waals surface area contributed by atoms with E-state index in [4.69, 9.17) is 28.4 Å². The van der Waals surface area contributed by atoms with Crippen LogP contribution in [0, 0.1) is 0 Å². The lowest BCUT2D eigenvalue weighted by Gasteiger charge is -2.20. The highest BCUT2D eigenvalue weighted by atomic mass is 16.7. The monoisotopic (exact) mass is 554 g/mol. The third kappa shape index (κ3) is 20.4. The number of ether oxygens (including phenoxy) is 6. The largest absolute Gasteiger partial charge is 0.460 e. The Kier molecular flexibility index (Phi) is 20.1. The van der Waals surface area contributed by atoms with Crippen molar-refractivity contribution >= 4 is 23.9 Å². The standard InChI is InChI=1S/C17H28O6.C12H18O4/c1-11(2)16(18)22-9-14(6)20-8-13(5)21-10-15(7)23-17(19)12(3)4;1-6-7-10(15-11(13)8(2)3)16-12(14)9(4)5/h13-15H,1,3,8-10H2,2,4-7H3;10H,2,4,6-7H2,1,3,5H3. The van der Waals surface area contributed by atoms with E-state index < -0.39 is 30.2 Å². The zero-order chi connectivity index (χ0) is 30.7.